The number of benzene rings is 6. The molecule has 0 saturated heterocycles. The molecule has 6 N–H and O–H groups in total. The summed E-state index contributed by atoms with van der Waals surface area (Å²) in [6.45, 7) is 15.7. The van der Waals surface area contributed by atoms with Gasteiger partial charge in [-0.25, -0.2) is 35.6 Å². The molecule has 10 rings (SSSR count). The van der Waals surface area contributed by atoms with E-state index in [1.807, 2.05) is 66.9 Å². The molecule has 2 aliphatic rings. The Balaban J connectivity index is 0.000000202. The summed E-state index contributed by atoms with van der Waals surface area (Å²) < 4.78 is 58.1. The van der Waals surface area contributed by atoms with Gasteiger partial charge in [0.25, 0.3) is 49.4 Å². The normalized spacial score (nSPS) is 13.4. The number of sulfonamides is 2. The second-order valence-electron chi connectivity index (χ2n) is 20.7. The summed E-state index contributed by atoms with van der Waals surface area (Å²) in [6, 6.07) is 38.2. The van der Waals surface area contributed by atoms with Crippen molar-refractivity contribution in [2.45, 2.75) is 89.6 Å². The minimum atomic E-state index is -4.24. The number of nitrogens with one attached hydrogen (secondary N) is 4. The number of nitro benzene ring substituents is 1. The highest BCUT2D eigenvalue weighted by Gasteiger charge is 2.33. The first-order chi connectivity index (χ1) is 39.9. The lowest BCUT2D eigenvalue weighted by molar-refractivity contribution is -0.384. The van der Waals surface area contributed by atoms with Crippen molar-refractivity contribution in [3.05, 3.63) is 223 Å². The maximum Gasteiger partial charge on any atom is 0.269 e. The average molecular weight is 1180 g/mol. The number of carbonyl (C=O) groups excluding carboxylic acids is 4. The summed E-state index contributed by atoms with van der Waals surface area (Å²) in [4.78, 5) is 66.4. The van der Waals surface area contributed by atoms with E-state index in [0.29, 0.717) is 59.9 Å². The van der Waals surface area contributed by atoms with E-state index in [1.165, 1.54) is 65.2 Å². The van der Waals surface area contributed by atoms with Crippen LogP contribution in [0.15, 0.2) is 155 Å². The number of nitrogens with zero attached hydrogens (tertiary/aromatic N) is 7. The van der Waals surface area contributed by atoms with E-state index >= 15 is 0 Å². The Hall–Kier alpha value is -9.68. The highest BCUT2D eigenvalue weighted by Crippen LogP contribution is 2.33. The number of fused-ring (bicyclic) bond motifs is 2. The summed E-state index contributed by atoms with van der Waals surface area (Å²) in [6.07, 6.45) is 0. The van der Waals surface area contributed by atoms with Gasteiger partial charge in [-0.15, -0.1) is 0 Å². The van der Waals surface area contributed by atoms with Crippen LogP contribution in [0.2, 0.25) is 0 Å². The molecule has 0 fully saturated rings. The highest BCUT2D eigenvalue weighted by atomic mass is 32.2. The first kappa shape index (κ1) is 59.0. The highest BCUT2D eigenvalue weighted by molar-refractivity contribution is 7.90. The molecule has 2 atom stereocenters. The number of nitro groups is 1. The number of nitrogens with two attached hydrogens (primary N) is 1. The van der Waals surface area contributed by atoms with Crippen molar-refractivity contribution in [2.75, 3.05) is 28.6 Å². The second-order valence-corrected chi connectivity index (χ2v) is 24.0. The molecule has 0 aliphatic carbocycles. The van der Waals surface area contributed by atoms with E-state index in [9.17, 15) is 46.1 Å². The fourth-order valence-electron chi connectivity index (χ4n) is 10.1. The second kappa shape index (κ2) is 24.4. The van der Waals surface area contributed by atoms with Gasteiger partial charge in [0, 0.05) is 55.1 Å². The Labute approximate surface area is 485 Å². The van der Waals surface area contributed by atoms with Crippen LogP contribution in [0.5, 0.6) is 0 Å². The third kappa shape index (κ3) is 13.3. The van der Waals surface area contributed by atoms with Gasteiger partial charge in [0.15, 0.2) is 0 Å². The van der Waals surface area contributed by atoms with Crippen molar-refractivity contribution in [1.82, 2.24) is 39.6 Å². The monoisotopic (exact) mass is 1170 g/mol. The van der Waals surface area contributed by atoms with Crippen LogP contribution < -0.4 is 35.6 Å². The number of non-ortho nitro benzene ring substituents is 1. The number of nitrogen functional groups attached to an aromatic ring is 1. The summed E-state index contributed by atoms with van der Waals surface area (Å²) >= 11 is 0. The lowest BCUT2D eigenvalue weighted by Gasteiger charge is -2.20. The first-order valence-electron chi connectivity index (χ1n) is 26.8. The molecule has 4 heterocycles. The number of aromatic nitrogens is 4. The number of carbonyl (C=O) groups is 4. The Morgan fingerprint density at radius 3 is 1.30 bits per heavy atom. The maximum atomic E-state index is 13.5. The molecule has 22 nitrogen and oxygen atoms in total. The fourth-order valence-corrected chi connectivity index (χ4v) is 12.0. The van der Waals surface area contributed by atoms with E-state index < -0.39 is 42.8 Å². The number of amides is 4. The Morgan fingerprint density at radius 1 is 0.548 bits per heavy atom. The van der Waals surface area contributed by atoms with Gasteiger partial charge in [-0.2, -0.15) is 10.2 Å². The van der Waals surface area contributed by atoms with Crippen molar-refractivity contribution in [3.8, 4) is 0 Å². The van der Waals surface area contributed by atoms with Crippen LogP contribution in [0, 0.1) is 37.8 Å². The van der Waals surface area contributed by atoms with Gasteiger partial charge in [-0.3, -0.25) is 29.3 Å². The molecule has 2 aliphatic heterocycles. The maximum absolute atomic E-state index is 13.5. The van der Waals surface area contributed by atoms with Gasteiger partial charge in [-0.1, -0.05) is 83.9 Å². The lowest BCUT2D eigenvalue weighted by Crippen LogP contribution is -2.31. The van der Waals surface area contributed by atoms with Crippen molar-refractivity contribution in [2.24, 2.45) is 0 Å². The van der Waals surface area contributed by atoms with Crippen LogP contribution >= 0.6 is 0 Å². The summed E-state index contributed by atoms with van der Waals surface area (Å²) in [7, 11) is -8.30. The third-order valence-corrected chi connectivity index (χ3v) is 17.1. The van der Waals surface area contributed by atoms with E-state index in [1.54, 1.807) is 24.3 Å². The van der Waals surface area contributed by atoms with Crippen LogP contribution in [0.1, 0.15) is 112 Å². The van der Waals surface area contributed by atoms with Crippen LogP contribution in [0.25, 0.3) is 0 Å². The molecule has 0 bridgehead atoms. The number of rotatable bonds is 17. The minimum Gasteiger partial charge on any atom is -0.399 e. The summed E-state index contributed by atoms with van der Waals surface area (Å²) in [5, 5.41) is 26.1. The molecule has 2 aromatic heterocycles. The third-order valence-electron chi connectivity index (χ3n) is 14.4. The molecule has 8 aromatic rings. The van der Waals surface area contributed by atoms with E-state index in [2.05, 4.69) is 72.6 Å². The molecule has 0 spiro atoms. The summed E-state index contributed by atoms with van der Waals surface area (Å²) in [5.41, 5.74) is 14.5. The predicted octanol–water partition coefficient (Wildman–Crippen LogP) is 7.75. The average Bonchev–Trinajstić information content (AvgIpc) is 2.84. The zero-order valence-corrected chi connectivity index (χ0v) is 48.5. The molecule has 0 saturated carbocycles. The molecule has 434 valence electrons. The number of hydrogen-bond donors (Lipinski definition) is 5. The van der Waals surface area contributed by atoms with Gasteiger partial charge in [0.2, 0.25) is 0 Å². The predicted molar refractivity (Wildman–Crippen MR) is 316 cm³/mol. The molecule has 84 heavy (non-hydrogen) atoms. The first-order valence-corrected chi connectivity index (χ1v) is 29.7. The lowest BCUT2D eigenvalue weighted by atomic mass is 10.1. The van der Waals surface area contributed by atoms with Crippen molar-refractivity contribution < 1.29 is 40.9 Å². The quantitative estimate of drug-likeness (QED) is 0.0331. The van der Waals surface area contributed by atoms with E-state index in [0.717, 1.165) is 60.1 Å². The van der Waals surface area contributed by atoms with Gasteiger partial charge < -0.3 is 26.2 Å². The fraction of sp³-hybridized carbons (Fsp3) is 0.233. The number of aryl methyl sites for hydroxylation is 4. The number of anilines is 3. The van der Waals surface area contributed by atoms with Gasteiger partial charge >= 0.3 is 0 Å². The standard InChI is InChI=1S/C30H30N6O6S.C30H32N6O4S/c1-19-5-4-6-22(17-19)18-34-15-16-35-30(34)27(21(3)32-35)29(38)31-20(2)23-7-9-24(10-8-23)28(37)33-43(41,42)26-13-11-25(12-14-26)36(39)40;1-19-5-4-6-22(17-19)18-35-15-16-36-30(35)27(21(3)33-36)29(38)32-20(2)23-7-9-24(10-8-23)28(37)34-41(39,40)26-13-11-25(31)12-14-26/h4-14,17,20H,15-16,18H2,1-3H3,(H,31,38)(H,33,37);4-14,17,20H,15-16,18,31H2,1-3H3,(H,32,38)(H,34,37)/t2*20-/m00/s1. The van der Waals surface area contributed by atoms with Crippen molar-refractivity contribution >= 4 is 66.7 Å². The van der Waals surface area contributed by atoms with Crippen molar-refractivity contribution in [3.63, 3.8) is 0 Å². The van der Waals surface area contributed by atoms with Crippen LogP contribution in [0.4, 0.5) is 23.0 Å². The summed E-state index contributed by atoms with van der Waals surface area (Å²) in [5.74, 6) is -0.526. The number of hydrogen-bond acceptors (Lipinski definition) is 15. The Bertz CT molecular complexity index is 4060. The molecule has 6 aromatic carbocycles. The molecular formula is C60H62N12O10S2. The van der Waals surface area contributed by atoms with E-state index in [-0.39, 0.29) is 44.5 Å². The SMILES string of the molecule is Cc1cccc(CN2CCn3nc(C)c(C(=O)N[C@@H](C)c4ccc(C(=O)NS(=O)(=O)c5ccc(N)cc5)cc4)c32)c1.Cc1cccc(CN2CCn3nc(C)c(C(=O)N[C@@H](C)c4ccc(C(=O)NS(=O)(=O)c5ccc([N+](=O)[O-])cc5)cc4)c32)c1. The van der Waals surface area contributed by atoms with Gasteiger partial charge in [0.05, 0.1) is 51.3 Å². The van der Waals surface area contributed by atoms with Crippen LogP contribution in [0.3, 0.4) is 0 Å². The molecule has 4 amide bonds. The van der Waals surface area contributed by atoms with Gasteiger partial charge in [0.1, 0.15) is 22.8 Å². The molecule has 24 heteroatoms. The van der Waals surface area contributed by atoms with Gasteiger partial charge in [-0.05, 0) is 124 Å². The minimum absolute atomic E-state index is 0.0626. The zero-order valence-electron chi connectivity index (χ0n) is 46.9. The zero-order chi connectivity index (χ0) is 60.2. The molecule has 0 unspecified atom stereocenters. The van der Waals surface area contributed by atoms with Crippen LogP contribution in [-0.2, 0) is 46.2 Å². The largest absolute Gasteiger partial charge is 0.399 e. The Kier molecular flexibility index (Phi) is 17.1. The van der Waals surface area contributed by atoms with E-state index in [4.69, 9.17) is 5.73 Å². The van der Waals surface area contributed by atoms with Crippen molar-refractivity contribution in [1.29, 1.82) is 0 Å². The van der Waals surface area contributed by atoms with Crippen LogP contribution in [-0.4, -0.2) is 78.0 Å². The molecule has 0 radical (unpaired) electrons. The smallest absolute Gasteiger partial charge is 0.269 e. The topological polar surface area (TPSA) is 296 Å². The molecular weight excluding hydrogens is 1110 g/mol. The Morgan fingerprint density at radius 2 is 0.929 bits per heavy atom.